The Balaban J connectivity index is 1.66. The van der Waals surface area contributed by atoms with Gasteiger partial charge >= 0.3 is 0 Å². The van der Waals surface area contributed by atoms with Gasteiger partial charge in [-0.2, -0.15) is 5.26 Å². The molecule has 5 nitrogen and oxygen atoms in total. The van der Waals surface area contributed by atoms with E-state index >= 15 is 0 Å². The van der Waals surface area contributed by atoms with Crippen LogP contribution in [-0.4, -0.2) is 4.92 Å². The van der Waals surface area contributed by atoms with Gasteiger partial charge in [-0.1, -0.05) is 42.0 Å². The van der Waals surface area contributed by atoms with Crippen LogP contribution in [0.4, 0.5) is 5.69 Å². The number of hydrogen-bond donors (Lipinski definition) is 0. The minimum atomic E-state index is -0.428. The van der Waals surface area contributed by atoms with Gasteiger partial charge in [0.1, 0.15) is 12.4 Å². The van der Waals surface area contributed by atoms with Gasteiger partial charge in [0, 0.05) is 12.1 Å². The molecule has 28 heavy (non-hydrogen) atoms. The van der Waals surface area contributed by atoms with Crippen molar-refractivity contribution in [3.63, 3.8) is 0 Å². The van der Waals surface area contributed by atoms with Gasteiger partial charge in [-0.05, 0) is 54.0 Å². The normalized spacial score (nSPS) is 10.9. The van der Waals surface area contributed by atoms with Gasteiger partial charge in [0.15, 0.2) is 0 Å². The Hall–Kier alpha value is -3.91. The minimum Gasteiger partial charge on any atom is -0.489 e. The van der Waals surface area contributed by atoms with E-state index < -0.39 is 4.92 Å². The van der Waals surface area contributed by atoms with E-state index in [4.69, 9.17) is 4.74 Å². The molecular formula is C23H18N2O3. The Labute approximate surface area is 163 Å². The summed E-state index contributed by atoms with van der Waals surface area (Å²) in [5.74, 6) is 0.685. The number of nitrogens with zero attached hydrogens (tertiary/aromatic N) is 2. The topological polar surface area (TPSA) is 76.2 Å². The van der Waals surface area contributed by atoms with E-state index in [2.05, 4.69) is 6.07 Å². The Bertz CT molecular complexity index is 1030. The largest absolute Gasteiger partial charge is 0.489 e. The summed E-state index contributed by atoms with van der Waals surface area (Å²) in [6.45, 7) is 2.33. The summed E-state index contributed by atoms with van der Waals surface area (Å²) in [6, 6.07) is 23.8. The number of nitro groups is 1. The number of hydrogen-bond acceptors (Lipinski definition) is 4. The molecule has 5 heteroatoms. The van der Waals surface area contributed by atoms with Gasteiger partial charge < -0.3 is 4.74 Å². The Morgan fingerprint density at radius 3 is 2.25 bits per heavy atom. The van der Waals surface area contributed by atoms with E-state index in [9.17, 15) is 15.4 Å². The number of nitriles is 1. The Kier molecular flexibility index (Phi) is 5.83. The van der Waals surface area contributed by atoms with Crippen LogP contribution in [0.25, 0.3) is 11.6 Å². The van der Waals surface area contributed by atoms with Crippen LogP contribution in [0.2, 0.25) is 0 Å². The maximum Gasteiger partial charge on any atom is 0.269 e. The molecule has 0 fully saturated rings. The number of non-ortho nitro benzene ring substituents is 1. The summed E-state index contributed by atoms with van der Waals surface area (Å²) in [5.41, 5.74) is 4.43. The fraction of sp³-hybridized carbons (Fsp3) is 0.0870. The predicted octanol–water partition coefficient (Wildman–Crippen LogP) is 5.55. The molecule has 0 radical (unpaired) electrons. The number of aryl methyl sites for hydroxylation is 1. The number of ether oxygens (including phenoxy) is 1. The molecule has 3 aromatic rings. The maximum absolute atomic E-state index is 10.7. The van der Waals surface area contributed by atoms with Gasteiger partial charge in [-0.3, -0.25) is 10.1 Å². The number of allylic oxidation sites excluding steroid dienone is 1. The maximum atomic E-state index is 10.7. The highest BCUT2D eigenvalue weighted by Crippen LogP contribution is 2.21. The van der Waals surface area contributed by atoms with E-state index in [-0.39, 0.29) is 5.69 Å². The lowest BCUT2D eigenvalue weighted by molar-refractivity contribution is -0.384. The lowest BCUT2D eigenvalue weighted by Gasteiger charge is -2.07. The van der Waals surface area contributed by atoms with Crippen LogP contribution < -0.4 is 4.74 Å². The third-order valence-corrected chi connectivity index (χ3v) is 4.23. The lowest BCUT2D eigenvalue weighted by atomic mass is 10.0. The fourth-order valence-corrected chi connectivity index (χ4v) is 2.62. The summed E-state index contributed by atoms with van der Waals surface area (Å²) in [5, 5.41) is 20.1. The first kappa shape index (κ1) is 18.9. The van der Waals surface area contributed by atoms with Crippen molar-refractivity contribution in [2.45, 2.75) is 13.5 Å². The smallest absolute Gasteiger partial charge is 0.269 e. The minimum absolute atomic E-state index is 0.0572. The van der Waals surface area contributed by atoms with Gasteiger partial charge in [0.05, 0.1) is 16.6 Å². The van der Waals surface area contributed by atoms with E-state index in [1.807, 2.05) is 61.5 Å². The molecule has 0 aliphatic rings. The predicted molar refractivity (Wildman–Crippen MR) is 109 cm³/mol. The van der Waals surface area contributed by atoms with Gasteiger partial charge in [-0.15, -0.1) is 0 Å². The van der Waals surface area contributed by atoms with Crippen LogP contribution in [0.3, 0.4) is 0 Å². The molecule has 0 aliphatic heterocycles. The zero-order chi connectivity index (χ0) is 19.9. The van der Waals surface area contributed by atoms with Crippen molar-refractivity contribution in [1.82, 2.24) is 0 Å². The molecule has 0 N–H and O–H groups in total. The highest BCUT2D eigenvalue weighted by atomic mass is 16.6. The molecule has 0 aliphatic carbocycles. The van der Waals surface area contributed by atoms with Crippen LogP contribution in [0.1, 0.15) is 22.3 Å². The second kappa shape index (κ2) is 8.65. The molecule has 3 aromatic carbocycles. The fourth-order valence-electron chi connectivity index (χ4n) is 2.62. The molecule has 0 aromatic heterocycles. The molecule has 0 spiro atoms. The van der Waals surface area contributed by atoms with Gasteiger partial charge in [-0.25, -0.2) is 0 Å². The third kappa shape index (κ3) is 4.83. The molecule has 0 atom stereocenters. The van der Waals surface area contributed by atoms with Crippen molar-refractivity contribution >= 4 is 17.3 Å². The van der Waals surface area contributed by atoms with E-state index in [1.54, 1.807) is 12.1 Å². The van der Waals surface area contributed by atoms with Crippen molar-refractivity contribution in [3.8, 4) is 11.8 Å². The lowest BCUT2D eigenvalue weighted by Crippen LogP contribution is -1.96. The van der Waals surface area contributed by atoms with Crippen LogP contribution in [-0.2, 0) is 6.61 Å². The van der Waals surface area contributed by atoms with Crippen molar-refractivity contribution in [2.24, 2.45) is 0 Å². The van der Waals surface area contributed by atoms with Crippen molar-refractivity contribution in [1.29, 1.82) is 5.26 Å². The number of benzene rings is 3. The summed E-state index contributed by atoms with van der Waals surface area (Å²) in [4.78, 5) is 10.2. The second-order valence-electron chi connectivity index (χ2n) is 6.32. The van der Waals surface area contributed by atoms with E-state index in [0.29, 0.717) is 17.9 Å². The van der Waals surface area contributed by atoms with Crippen LogP contribution >= 0.6 is 0 Å². The summed E-state index contributed by atoms with van der Waals surface area (Å²) >= 11 is 0. The van der Waals surface area contributed by atoms with Crippen molar-refractivity contribution in [2.75, 3.05) is 0 Å². The van der Waals surface area contributed by atoms with Gasteiger partial charge in [0.25, 0.3) is 5.69 Å². The monoisotopic (exact) mass is 370 g/mol. The summed E-state index contributed by atoms with van der Waals surface area (Å²) in [6.07, 6.45) is 1.84. The average molecular weight is 370 g/mol. The molecule has 0 saturated carbocycles. The standard InChI is InChI=1S/C23H18N2O3/c1-17-2-8-20(9-3-17)21(15-24)14-18-6-12-23(13-7-18)28-16-19-4-10-22(11-5-19)25(26)27/h2-14H,16H2,1H3/b21-14+. The summed E-state index contributed by atoms with van der Waals surface area (Å²) < 4.78 is 5.72. The molecule has 0 heterocycles. The molecule has 0 unspecified atom stereocenters. The Morgan fingerprint density at radius 2 is 1.68 bits per heavy atom. The SMILES string of the molecule is Cc1ccc(/C(C#N)=C/c2ccc(OCc3ccc([N+](=O)[O-])cc3)cc2)cc1. The first-order chi connectivity index (χ1) is 13.5. The number of rotatable bonds is 6. The molecular weight excluding hydrogens is 352 g/mol. The first-order valence-electron chi connectivity index (χ1n) is 8.70. The van der Waals surface area contributed by atoms with Crippen molar-refractivity contribution in [3.05, 3.63) is 105 Å². The highest BCUT2D eigenvalue weighted by Gasteiger charge is 2.05. The van der Waals surface area contributed by atoms with Crippen LogP contribution in [0.15, 0.2) is 72.8 Å². The first-order valence-corrected chi connectivity index (χ1v) is 8.70. The number of nitro benzene ring substituents is 1. The molecule has 3 rings (SSSR count). The van der Waals surface area contributed by atoms with E-state index in [0.717, 1.165) is 22.3 Å². The van der Waals surface area contributed by atoms with Gasteiger partial charge in [0.2, 0.25) is 0 Å². The quantitative estimate of drug-likeness (QED) is 0.247. The molecule has 0 bridgehead atoms. The second-order valence-corrected chi connectivity index (χ2v) is 6.32. The zero-order valence-corrected chi connectivity index (χ0v) is 15.3. The Morgan fingerprint density at radius 1 is 1.04 bits per heavy atom. The zero-order valence-electron chi connectivity index (χ0n) is 15.3. The third-order valence-electron chi connectivity index (χ3n) is 4.23. The molecule has 138 valence electrons. The van der Waals surface area contributed by atoms with Crippen molar-refractivity contribution < 1.29 is 9.66 Å². The van der Waals surface area contributed by atoms with Crippen LogP contribution in [0.5, 0.6) is 5.75 Å². The molecule has 0 saturated heterocycles. The average Bonchev–Trinajstić information content (AvgIpc) is 2.72. The highest BCUT2D eigenvalue weighted by molar-refractivity contribution is 5.89. The van der Waals surface area contributed by atoms with Crippen LogP contribution in [0, 0.1) is 28.4 Å². The van der Waals surface area contributed by atoms with E-state index in [1.165, 1.54) is 12.1 Å². The summed E-state index contributed by atoms with van der Waals surface area (Å²) in [7, 11) is 0. The molecule has 0 amide bonds.